The van der Waals surface area contributed by atoms with Gasteiger partial charge in [-0.1, -0.05) is 15.9 Å². The Balaban J connectivity index is 5.48. The van der Waals surface area contributed by atoms with Crippen molar-refractivity contribution >= 4 is 21.7 Å². The fourth-order valence-electron chi connectivity index (χ4n) is 0.852. The molecule has 0 aliphatic heterocycles. The van der Waals surface area contributed by atoms with Gasteiger partial charge >= 0.3 is 18.0 Å². The summed E-state index contributed by atoms with van der Waals surface area (Å²) in [6, 6.07) is 0. The first-order valence-electron chi connectivity index (χ1n) is 4.67. The molecule has 0 aliphatic rings. The van der Waals surface area contributed by atoms with Crippen molar-refractivity contribution in [2.45, 2.75) is 24.9 Å². The largest absolute Gasteiger partial charge is 0.501 e. The Bertz CT molecular complexity index is 362. The fraction of sp³-hybridized carbons (Fsp3) is 0.667. The van der Waals surface area contributed by atoms with Crippen molar-refractivity contribution < 1.29 is 40.3 Å². The molecule has 0 unspecified atom stereocenters. The molecule has 2 nitrogen and oxygen atoms in total. The number of carbonyl (C=O) groups excluding carboxylic acids is 1. The van der Waals surface area contributed by atoms with Gasteiger partial charge in [-0.2, -0.15) is 30.7 Å². The Labute approximate surface area is 111 Å². The zero-order valence-corrected chi connectivity index (χ0v) is 10.9. The Hall–Kier alpha value is -0.800. The molecule has 10 heteroatoms. The number of Topliss-reactive ketones (excluding diaryl/α,β-unsaturated/α-hetero) is 1. The van der Waals surface area contributed by atoms with Gasteiger partial charge in [-0.15, -0.1) is 0 Å². The molecule has 0 aromatic heterocycles. The second kappa shape index (κ2) is 6.10. The highest BCUT2D eigenvalue weighted by atomic mass is 79.9. The van der Waals surface area contributed by atoms with Crippen molar-refractivity contribution in [2.24, 2.45) is 0 Å². The lowest BCUT2D eigenvalue weighted by Gasteiger charge is -2.27. The summed E-state index contributed by atoms with van der Waals surface area (Å²) in [5.74, 6) is -15.0. The van der Waals surface area contributed by atoms with E-state index in [1.54, 1.807) is 0 Å². The van der Waals surface area contributed by atoms with Gasteiger partial charge in [-0.05, 0) is 6.92 Å². The van der Waals surface area contributed by atoms with Crippen LogP contribution < -0.4 is 0 Å². The van der Waals surface area contributed by atoms with Gasteiger partial charge in [0.1, 0.15) is 0 Å². The van der Waals surface area contributed by atoms with Gasteiger partial charge < -0.3 is 4.74 Å². The number of halogens is 8. The number of carbonyl (C=O) groups is 1. The third-order valence-corrected chi connectivity index (χ3v) is 2.47. The molecule has 0 heterocycles. The smallest absolute Gasteiger partial charge is 0.460 e. The summed E-state index contributed by atoms with van der Waals surface area (Å²) in [5, 5.41) is -0.657. The third kappa shape index (κ3) is 3.61. The number of ether oxygens (including phenoxy) is 1. The molecule has 0 bridgehead atoms. The van der Waals surface area contributed by atoms with E-state index in [0.29, 0.717) is 6.26 Å². The summed E-state index contributed by atoms with van der Waals surface area (Å²) in [7, 11) is 0. The predicted molar refractivity (Wildman–Crippen MR) is 54.5 cm³/mol. The molecule has 0 rings (SSSR count). The van der Waals surface area contributed by atoms with Crippen LogP contribution in [0.1, 0.15) is 6.92 Å². The van der Waals surface area contributed by atoms with Crippen molar-refractivity contribution in [3.63, 3.8) is 0 Å². The topological polar surface area (TPSA) is 26.3 Å². The Morgan fingerprint density at radius 3 is 1.95 bits per heavy atom. The van der Waals surface area contributed by atoms with Crippen molar-refractivity contribution in [3.05, 3.63) is 11.8 Å². The molecule has 112 valence electrons. The molecule has 0 aromatic rings. The quantitative estimate of drug-likeness (QED) is 0.312. The lowest BCUT2D eigenvalue weighted by molar-refractivity contribution is -0.342. The third-order valence-electron chi connectivity index (χ3n) is 1.86. The summed E-state index contributed by atoms with van der Waals surface area (Å²) < 4.78 is 91.3. The Kier molecular flexibility index (Phi) is 5.84. The molecule has 0 N–H and O–H groups in total. The van der Waals surface area contributed by atoms with Crippen LogP contribution in [0.3, 0.4) is 0 Å². The second-order valence-corrected chi connectivity index (χ2v) is 3.77. The monoisotopic (exact) mass is 360 g/mol. The van der Waals surface area contributed by atoms with Crippen LogP contribution in [0, 0.1) is 0 Å². The number of allylic oxidation sites excluding steroid dienone is 1. The first kappa shape index (κ1) is 18.2. The predicted octanol–water partition coefficient (Wildman–Crippen LogP) is 3.70. The second-order valence-electron chi connectivity index (χ2n) is 3.21. The molecule has 0 saturated heterocycles. The van der Waals surface area contributed by atoms with Crippen LogP contribution in [-0.2, 0) is 9.53 Å². The number of hydrogen-bond donors (Lipinski definition) is 0. The molecule has 0 aliphatic carbocycles. The molecule has 19 heavy (non-hydrogen) atoms. The zero-order chi connectivity index (χ0) is 15.5. The molecule has 0 amide bonds. The minimum atomic E-state index is -6.55. The van der Waals surface area contributed by atoms with Crippen LogP contribution in [0.25, 0.3) is 0 Å². The van der Waals surface area contributed by atoms with Crippen LogP contribution in [-0.4, -0.2) is 35.7 Å². The Morgan fingerprint density at radius 2 is 1.63 bits per heavy atom. The van der Waals surface area contributed by atoms with Crippen molar-refractivity contribution in [2.75, 3.05) is 11.9 Å². The summed E-state index contributed by atoms with van der Waals surface area (Å²) in [4.78, 5) is 11.1. The van der Waals surface area contributed by atoms with E-state index < -0.39 is 34.7 Å². The van der Waals surface area contributed by atoms with Gasteiger partial charge in [-0.25, -0.2) is 0 Å². The number of ketones is 1. The van der Waals surface area contributed by atoms with Crippen molar-refractivity contribution in [1.82, 2.24) is 0 Å². The molecule has 0 fully saturated rings. The van der Waals surface area contributed by atoms with Crippen LogP contribution in [0.4, 0.5) is 30.7 Å². The molecular formula is C9H8BrF7O2. The van der Waals surface area contributed by atoms with Gasteiger partial charge in [0, 0.05) is 10.9 Å². The first-order chi connectivity index (χ1) is 8.43. The van der Waals surface area contributed by atoms with E-state index >= 15 is 0 Å². The molecule has 0 spiro atoms. The maximum absolute atomic E-state index is 13.0. The zero-order valence-electron chi connectivity index (χ0n) is 9.33. The molecule has 0 aromatic carbocycles. The van der Waals surface area contributed by atoms with Crippen LogP contribution in [0.5, 0.6) is 0 Å². The standard InChI is InChI=1S/C9H8BrF7O2/c1-2-19-4-5(3-10)6(18)7(11,12)8(13,14)9(15,16)17/h4H,2-3H2,1H3/b5-4+. The number of alkyl halides is 8. The van der Waals surface area contributed by atoms with E-state index in [0.717, 1.165) is 0 Å². The van der Waals surface area contributed by atoms with E-state index in [9.17, 15) is 35.5 Å². The minimum absolute atomic E-state index is 0.0784. The number of rotatable bonds is 6. The molecule has 0 radical (unpaired) electrons. The highest BCUT2D eigenvalue weighted by Crippen LogP contribution is 2.47. The van der Waals surface area contributed by atoms with Gasteiger partial charge in [0.25, 0.3) is 0 Å². The molecule has 0 atom stereocenters. The SMILES string of the molecule is CCO/C=C(\CBr)C(=O)C(F)(F)C(F)(F)C(F)(F)F. The van der Waals surface area contributed by atoms with Crippen LogP contribution >= 0.6 is 15.9 Å². The maximum Gasteiger partial charge on any atom is 0.460 e. The summed E-state index contributed by atoms with van der Waals surface area (Å²) >= 11 is 2.53. The van der Waals surface area contributed by atoms with E-state index in [1.165, 1.54) is 6.92 Å². The van der Waals surface area contributed by atoms with E-state index in [1.807, 2.05) is 0 Å². The lowest BCUT2D eigenvalue weighted by atomic mass is 10.0. The molecule has 0 saturated carbocycles. The van der Waals surface area contributed by atoms with Crippen LogP contribution in [0.2, 0.25) is 0 Å². The van der Waals surface area contributed by atoms with Crippen molar-refractivity contribution in [3.8, 4) is 0 Å². The summed E-state index contributed by atoms with van der Waals surface area (Å²) in [6.07, 6.45) is -6.13. The van der Waals surface area contributed by atoms with Crippen LogP contribution in [0.15, 0.2) is 11.8 Å². The minimum Gasteiger partial charge on any atom is -0.501 e. The highest BCUT2D eigenvalue weighted by Gasteiger charge is 2.76. The average molecular weight is 361 g/mol. The van der Waals surface area contributed by atoms with E-state index in [4.69, 9.17) is 0 Å². The normalized spacial score (nSPS) is 14.5. The van der Waals surface area contributed by atoms with Gasteiger partial charge in [0.05, 0.1) is 12.9 Å². The van der Waals surface area contributed by atoms with Gasteiger partial charge in [-0.3, -0.25) is 4.79 Å². The van der Waals surface area contributed by atoms with E-state index in [-0.39, 0.29) is 6.61 Å². The van der Waals surface area contributed by atoms with Gasteiger partial charge in [0.2, 0.25) is 5.78 Å². The van der Waals surface area contributed by atoms with Crippen molar-refractivity contribution in [1.29, 1.82) is 0 Å². The Morgan fingerprint density at radius 1 is 1.16 bits per heavy atom. The summed E-state index contributed by atoms with van der Waals surface area (Å²) in [6.45, 7) is 1.32. The fourth-order valence-corrected chi connectivity index (χ4v) is 1.24. The maximum atomic E-state index is 13.0. The average Bonchev–Trinajstić information content (AvgIpc) is 2.27. The molecular weight excluding hydrogens is 353 g/mol. The first-order valence-corrected chi connectivity index (χ1v) is 5.79. The highest BCUT2D eigenvalue weighted by molar-refractivity contribution is 9.09. The summed E-state index contributed by atoms with van der Waals surface area (Å²) in [5.41, 5.74) is -1.03. The van der Waals surface area contributed by atoms with Gasteiger partial charge in [0.15, 0.2) is 0 Å². The lowest BCUT2D eigenvalue weighted by Crippen LogP contribution is -2.56. The van der Waals surface area contributed by atoms with E-state index in [2.05, 4.69) is 20.7 Å². The number of hydrogen-bond acceptors (Lipinski definition) is 2.